The Labute approximate surface area is 79.7 Å². The Morgan fingerprint density at radius 1 is 1.46 bits per heavy atom. The summed E-state index contributed by atoms with van der Waals surface area (Å²) in [7, 11) is 3.98. The van der Waals surface area contributed by atoms with Crippen molar-refractivity contribution in [2.24, 2.45) is 0 Å². The summed E-state index contributed by atoms with van der Waals surface area (Å²) in [5.74, 6) is 0. The minimum absolute atomic E-state index is 0.0217. The summed E-state index contributed by atoms with van der Waals surface area (Å²) < 4.78 is 0. The zero-order valence-electron chi connectivity index (χ0n) is 8.47. The van der Waals surface area contributed by atoms with Gasteiger partial charge in [-0.15, -0.1) is 0 Å². The van der Waals surface area contributed by atoms with Gasteiger partial charge in [-0.05, 0) is 33.4 Å². The van der Waals surface area contributed by atoms with Crippen LogP contribution in [0.4, 0.5) is 4.79 Å². The van der Waals surface area contributed by atoms with Crippen molar-refractivity contribution in [3.05, 3.63) is 0 Å². The molecular weight excluding hydrogens is 166 g/mol. The van der Waals surface area contributed by atoms with Crippen molar-refractivity contribution in [2.75, 3.05) is 27.2 Å². The van der Waals surface area contributed by atoms with E-state index in [4.69, 9.17) is 0 Å². The molecule has 4 nitrogen and oxygen atoms in total. The first-order valence-electron chi connectivity index (χ1n) is 4.87. The molecule has 0 radical (unpaired) electrons. The third-order valence-corrected chi connectivity index (χ3v) is 2.28. The van der Waals surface area contributed by atoms with Gasteiger partial charge in [0.2, 0.25) is 0 Å². The summed E-state index contributed by atoms with van der Waals surface area (Å²) >= 11 is 0. The van der Waals surface area contributed by atoms with Gasteiger partial charge < -0.3 is 15.5 Å². The van der Waals surface area contributed by atoms with Gasteiger partial charge in [-0.1, -0.05) is 0 Å². The van der Waals surface area contributed by atoms with Gasteiger partial charge in [-0.25, -0.2) is 4.79 Å². The maximum absolute atomic E-state index is 11.2. The number of carbonyl (C=O) groups excluding carboxylic acids is 1. The minimum atomic E-state index is -0.0217. The number of carbonyl (C=O) groups is 1. The van der Waals surface area contributed by atoms with Crippen molar-refractivity contribution >= 4 is 6.03 Å². The van der Waals surface area contributed by atoms with E-state index in [1.807, 2.05) is 19.0 Å². The molecule has 0 saturated heterocycles. The Kier molecular flexibility index (Phi) is 4.02. The predicted molar refractivity (Wildman–Crippen MR) is 52.7 cm³/mol. The molecule has 0 aromatic carbocycles. The molecule has 0 unspecified atom stereocenters. The second-order valence-corrected chi connectivity index (χ2v) is 3.83. The average molecular weight is 185 g/mol. The molecule has 1 rings (SSSR count). The van der Waals surface area contributed by atoms with Gasteiger partial charge in [0.05, 0.1) is 0 Å². The molecule has 1 fully saturated rings. The van der Waals surface area contributed by atoms with Crippen LogP contribution in [0.5, 0.6) is 0 Å². The van der Waals surface area contributed by atoms with Crippen LogP contribution in [0.3, 0.4) is 0 Å². The second kappa shape index (κ2) is 5.07. The lowest BCUT2D eigenvalue weighted by Crippen LogP contribution is -2.46. The fraction of sp³-hybridized carbons (Fsp3) is 0.889. The van der Waals surface area contributed by atoms with E-state index in [9.17, 15) is 4.79 Å². The van der Waals surface area contributed by atoms with E-state index in [1.165, 1.54) is 6.42 Å². The third kappa shape index (κ3) is 4.12. The molecule has 2 amide bonds. The van der Waals surface area contributed by atoms with E-state index in [-0.39, 0.29) is 6.03 Å². The normalized spacial score (nSPS) is 16.8. The lowest BCUT2D eigenvalue weighted by molar-refractivity contribution is 0.227. The Balaban J connectivity index is 1.97. The number of rotatable bonds is 4. The third-order valence-electron chi connectivity index (χ3n) is 2.28. The highest BCUT2D eigenvalue weighted by Crippen LogP contribution is 2.17. The highest BCUT2D eigenvalue weighted by Gasteiger charge is 2.18. The Morgan fingerprint density at radius 2 is 2.15 bits per heavy atom. The molecule has 4 heteroatoms. The van der Waals surface area contributed by atoms with Gasteiger partial charge >= 0.3 is 6.03 Å². The molecule has 1 aliphatic carbocycles. The zero-order valence-corrected chi connectivity index (χ0v) is 8.47. The monoisotopic (exact) mass is 185 g/mol. The smallest absolute Gasteiger partial charge is 0.315 e. The van der Waals surface area contributed by atoms with Crippen LogP contribution in [0.2, 0.25) is 0 Å². The van der Waals surface area contributed by atoms with E-state index in [1.54, 1.807) is 0 Å². The van der Waals surface area contributed by atoms with Crippen molar-refractivity contribution in [1.82, 2.24) is 15.5 Å². The second-order valence-electron chi connectivity index (χ2n) is 3.83. The number of nitrogens with zero attached hydrogens (tertiary/aromatic N) is 1. The van der Waals surface area contributed by atoms with Gasteiger partial charge in [-0.3, -0.25) is 0 Å². The Hall–Kier alpha value is -0.770. The molecule has 1 aliphatic rings. The molecule has 0 aromatic rings. The largest absolute Gasteiger partial charge is 0.337 e. The van der Waals surface area contributed by atoms with Gasteiger partial charge in [-0.2, -0.15) is 0 Å². The lowest BCUT2D eigenvalue weighted by atomic mass is 9.93. The van der Waals surface area contributed by atoms with Crippen molar-refractivity contribution < 1.29 is 4.79 Å². The van der Waals surface area contributed by atoms with E-state index >= 15 is 0 Å². The average Bonchev–Trinajstić information content (AvgIpc) is 1.96. The van der Waals surface area contributed by atoms with Crippen LogP contribution in [-0.2, 0) is 0 Å². The van der Waals surface area contributed by atoms with Gasteiger partial charge in [0.25, 0.3) is 0 Å². The maximum Gasteiger partial charge on any atom is 0.315 e. The SMILES string of the molecule is CN(C)CCNC(=O)NC1CCC1. The van der Waals surface area contributed by atoms with Crippen LogP contribution in [-0.4, -0.2) is 44.2 Å². The molecule has 0 aliphatic heterocycles. The topological polar surface area (TPSA) is 44.4 Å². The maximum atomic E-state index is 11.2. The lowest BCUT2D eigenvalue weighted by Gasteiger charge is -2.26. The summed E-state index contributed by atoms with van der Waals surface area (Å²) in [4.78, 5) is 13.2. The van der Waals surface area contributed by atoms with Crippen LogP contribution in [0, 0.1) is 0 Å². The molecule has 1 saturated carbocycles. The number of nitrogens with one attached hydrogen (secondary N) is 2. The highest BCUT2D eigenvalue weighted by atomic mass is 16.2. The summed E-state index contributed by atoms with van der Waals surface area (Å²) in [6.45, 7) is 1.60. The molecule has 0 spiro atoms. The van der Waals surface area contributed by atoms with Crippen molar-refractivity contribution in [2.45, 2.75) is 25.3 Å². The summed E-state index contributed by atoms with van der Waals surface area (Å²) in [5.41, 5.74) is 0. The minimum Gasteiger partial charge on any atom is -0.337 e. The zero-order chi connectivity index (χ0) is 9.68. The molecular formula is C9H19N3O. The van der Waals surface area contributed by atoms with Crippen molar-refractivity contribution in [3.8, 4) is 0 Å². The van der Waals surface area contributed by atoms with E-state index in [2.05, 4.69) is 10.6 Å². The van der Waals surface area contributed by atoms with Crippen molar-refractivity contribution in [3.63, 3.8) is 0 Å². The summed E-state index contributed by atoms with van der Waals surface area (Å²) in [6.07, 6.45) is 3.53. The van der Waals surface area contributed by atoms with E-state index in [0.717, 1.165) is 19.4 Å². The van der Waals surface area contributed by atoms with Crippen LogP contribution in [0.15, 0.2) is 0 Å². The first kappa shape index (κ1) is 10.3. The molecule has 2 N–H and O–H groups in total. The standard InChI is InChI=1S/C9H19N3O/c1-12(2)7-6-10-9(13)11-8-4-3-5-8/h8H,3-7H2,1-2H3,(H2,10,11,13). The van der Waals surface area contributed by atoms with Crippen LogP contribution in [0.1, 0.15) is 19.3 Å². The van der Waals surface area contributed by atoms with Crippen LogP contribution >= 0.6 is 0 Å². The molecule has 0 atom stereocenters. The molecule has 13 heavy (non-hydrogen) atoms. The van der Waals surface area contributed by atoms with Gasteiger partial charge in [0.1, 0.15) is 0 Å². The van der Waals surface area contributed by atoms with Crippen LogP contribution < -0.4 is 10.6 Å². The Morgan fingerprint density at radius 3 is 2.62 bits per heavy atom. The molecule has 0 heterocycles. The predicted octanol–water partition coefficient (Wildman–Crippen LogP) is 0.400. The summed E-state index contributed by atoms with van der Waals surface area (Å²) in [6, 6.07) is 0.408. The number of amides is 2. The van der Waals surface area contributed by atoms with E-state index in [0.29, 0.717) is 12.6 Å². The fourth-order valence-electron chi connectivity index (χ4n) is 1.18. The quantitative estimate of drug-likeness (QED) is 0.666. The first-order valence-corrected chi connectivity index (χ1v) is 4.87. The van der Waals surface area contributed by atoms with Crippen molar-refractivity contribution in [1.29, 1.82) is 0 Å². The highest BCUT2D eigenvalue weighted by molar-refractivity contribution is 5.74. The fourth-order valence-corrected chi connectivity index (χ4v) is 1.18. The number of urea groups is 1. The number of hydrogen-bond acceptors (Lipinski definition) is 2. The van der Waals surface area contributed by atoms with Gasteiger partial charge in [0, 0.05) is 19.1 Å². The van der Waals surface area contributed by atoms with Crippen LogP contribution in [0.25, 0.3) is 0 Å². The summed E-state index contributed by atoms with van der Waals surface area (Å²) in [5, 5.41) is 5.74. The first-order chi connectivity index (χ1) is 6.18. The van der Waals surface area contributed by atoms with E-state index < -0.39 is 0 Å². The molecule has 0 bridgehead atoms. The molecule has 76 valence electrons. The Bertz CT molecular complexity index is 166. The molecule has 0 aromatic heterocycles. The number of likely N-dealkylation sites (N-methyl/N-ethyl adjacent to an activating group) is 1. The van der Waals surface area contributed by atoms with Gasteiger partial charge in [0.15, 0.2) is 0 Å². The number of hydrogen-bond donors (Lipinski definition) is 2.